The minimum atomic E-state index is -2.78. The summed E-state index contributed by atoms with van der Waals surface area (Å²) in [6.07, 6.45) is 3.36. The van der Waals surface area contributed by atoms with Gasteiger partial charge < -0.3 is 24.3 Å². The lowest BCUT2D eigenvalue weighted by Crippen LogP contribution is -2.65. The number of rotatable bonds is 9. The topological polar surface area (TPSA) is 104 Å². The lowest BCUT2D eigenvalue weighted by molar-refractivity contribution is -0.199. The number of carbonyl (C=O) groups is 2. The van der Waals surface area contributed by atoms with E-state index in [4.69, 9.17) is 14.0 Å². The van der Waals surface area contributed by atoms with Crippen LogP contribution >= 0.6 is 0 Å². The number of nitrogens with one attached hydrogen (secondary N) is 1. The number of likely N-dealkylation sites (tertiary alicyclic amines) is 2. The predicted octanol–water partition coefficient (Wildman–Crippen LogP) is 4.93. The van der Waals surface area contributed by atoms with Gasteiger partial charge in [0.05, 0.1) is 24.3 Å². The van der Waals surface area contributed by atoms with Gasteiger partial charge in [0.15, 0.2) is 0 Å². The zero-order valence-corrected chi connectivity index (χ0v) is 27.4. The summed E-state index contributed by atoms with van der Waals surface area (Å²) in [5, 5.41) is 12.6. The number of nitrogens with zero attached hydrogens (tertiary/aromatic N) is 3. The molecule has 12 heteroatoms. The van der Waals surface area contributed by atoms with Crippen molar-refractivity contribution in [1.82, 2.24) is 15.1 Å². The van der Waals surface area contributed by atoms with Crippen molar-refractivity contribution >= 4 is 19.1 Å². The van der Waals surface area contributed by atoms with Gasteiger partial charge in [-0.1, -0.05) is 44.2 Å². The smallest absolute Gasteiger partial charge is 0.447 e. The zero-order chi connectivity index (χ0) is 33.1. The van der Waals surface area contributed by atoms with Crippen molar-refractivity contribution in [3.05, 3.63) is 47.5 Å². The zero-order valence-electron chi connectivity index (χ0n) is 27.4. The molecule has 248 valence electrons. The van der Waals surface area contributed by atoms with Crippen LogP contribution in [0, 0.1) is 28.6 Å². The van der Waals surface area contributed by atoms with E-state index in [1.807, 2.05) is 36.4 Å². The summed E-state index contributed by atoms with van der Waals surface area (Å²) in [5.74, 6) is -2.47. The second-order valence-corrected chi connectivity index (χ2v) is 15.1. The van der Waals surface area contributed by atoms with Crippen LogP contribution in [0.15, 0.2) is 42.0 Å². The molecule has 3 saturated heterocycles. The molecule has 2 amide bonds. The van der Waals surface area contributed by atoms with E-state index >= 15 is 0 Å². The number of carbonyl (C=O) groups excluding carboxylic acids is 2. The Labute approximate surface area is 270 Å². The molecule has 3 saturated carbocycles. The summed E-state index contributed by atoms with van der Waals surface area (Å²) >= 11 is 0. The molecule has 1 aromatic rings. The Bertz CT molecular complexity index is 1420. The lowest BCUT2D eigenvalue weighted by atomic mass is 9.43. The molecule has 3 aliphatic carbocycles. The Morgan fingerprint density at radius 2 is 1.96 bits per heavy atom. The second kappa shape index (κ2) is 11.9. The van der Waals surface area contributed by atoms with Gasteiger partial charge in [0, 0.05) is 37.4 Å². The number of hydrogen-bond acceptors (Lipinski definition) is 7. The van der Waals surface area contributed by atoms with Crippen molar-refractivity contribution in [2.75, 3.05) is 32.8 Å². The summed E-state index contributed by atoms with van der Waals surface area (Å²) in [6.45, 7) is 10.7. The molecule has 1 aromatic carbocycles. The second-order valence-electron chi connectivity index (χ2n) is 15.1. The number of alkyl halides is 2. The first-order valence-electron chi connectivity index (χ1n) is 16.5. The van der Waals surface area contributed by atoms with E-state index in [2.05, 4.69) is 26.1 Å². The average molecular weight is 639 g/mol. The summed E-state index contributed by atoms with van der Waals surface area (Å²) in [5.41, 5.74) is -0.162. The van der Waals surface area contributed by atoms with Gasteiger partial charge in [-0.05, 0) is 68.9 Å². The molecule has 6 fully saturated rings. The van der Waals surface area contributed by atoms with Crippen LogP contribution in [0.25, 0.3) is 0 Å². The minimum Gasteiger partial charge on any atom is -0.447 e. The van der Waals surface area contributed by atoms with Gasteiger partial charge >= 0.3 is 13.2 Å². The Balaban J connectivity index is 1.04. The van der Waals surface area contributed by atoms with Gasteiger partial charge in [0.25, 0.3) is 11.8 Å². The van der Waals surface area contributed by atoms with Crippen LogP contribution in [0.3, 0.4) is 0 Å². The van der Waals surface area contributed by atoms with Crippen LogP contribution in [0.4, 0.5) is 13.6 Å². The third-order valence-electron chi connectivity index (χ3n) is 11.6. The van der Waals surface area contributed by atoms with Crippen LogP contribution < -0.4 is 5.32 Å². The van der Waals surface area contributed by atoms with Gasteiger partial charge in [-0.15, -0.1) is 0 Å². The number of alkyl carbamates (subject to hydrolysis) is 1. The highest BCUT2D eigenvalue weighted by atomic mass is 19.3. The van der Waals surface area contributed by atoms with Gasteiger partial charge in [0.1, 0.15) is 18.2 Å². The minimum absolute atomic E-state index is 0.0174. The lowest BCUT2D eigenvalue weighted by Gasteiger charge is -2.64. The number of hydrogen-bond donors (Lipinski definition) is 1. The van der Waals surface area contributed by atoms with E-state index in [1.54, 1.807) is 18.7 Å². The molecule has 3 aliphatic heterocycles. The van der Waals surface area contributed by atoms with Crippen molar-refractivity contribution < 1.29 is 32.4 Å². The van der Waals surface area contributed by atoms with E-state index in [0.717, 1.165) is 18.4 Å². The van der Waals surface area contributed by atoms with Crippen LogP contribution in [0.1, 0.15) is 71.7 Å². The van der Waals surface area contributed by atoms with Crippen molar-refractivity contribution in [2.24, 2.45) is 17.3 Å². The maximum absolute atomic E-state index is 13.8. The fraction of sp³-hybridized carbons (Fsp3) is 0.676. The van der Waals surface area contributed by atoms with E-state index in [-0.39, 0.29) is 60.7 Å². The Kier molecular flexibility index (Phi) is 8.52. The number of halogens is 2. The standard InChI is InChI=1S/C34H45BF2N4O5/c1-31(2,40-14-12-34(36,37)21-40)17-23(18-38)29(42)41-13-11-25(41)20-44-30(43)39-19-26(22-9-7-6-8-10-22)35-45-28-16-24-15-27(32(24,3)4)33(28,5)46-35/h6-10,17,24-28H,11-16,19-21H2,1-5H3,(H,39,43)/t24-,25+,26-,27-,28+,33-/m0/s1. The van der Waals surface area contributed by atoms with Crippen molar-refractivity contribution in [1.29, 1.82) is 5.26 Å². The van der Waals surface area contributed by atoms with Gasteiger partial charge in [-0.3, -0.25) is 9.69 Å². The number of benzene rings is 1. The maximum Gasteiger partial charge on any atom is 0.467 e. The SMILES string of the molecule is CC1(C)[C@@H]2C[C@H]3OB([C@@H](CNC(=O)OC[C@H]4CCN4C(=O)C(C#N)=CC(C)(C)N4CCC(F)(F)C4)c4ccccc4)O[C@@]3(C)[C@H]1C2. The molecular formula is C34H45BF2N4O5. The highest BCUT2D eigenvalue weighted by molar-refractivity contribution is 6.47. The van der Waals surface area contributed by atoms with Gasteiger partial charge in [-0.2, -0.15) is 5.26 Å². The maximum atomic E-state index is 13.8. The molecule has 6 aliphatic rings. The summed E-state index contributed by atoms with van der Waals surface area (Å²) < 4.78 is 46.5. The first-order valence-corrected chi connectivity index (χ1v) is 16.5. The molecular weight excluding hydrogens is 593 g/mol. The van der Waals surface area contributed by atoms with Crippen LogP contribution in [0.2, 0.25) is 0 Å². The molecule has 1 N–H and O–H groups in total. The fourth-order valence-corrected chi connectivity index (χ4v) is 8.41. The molecule has 9 nitrogen and oxygen atoms in total. The van der Waals surface area contributed by atoms with E-state index in [1.165, 1.54) is 11.0 Å². The first kappa shape index (κ1) is 32.9. The average Bonchev–Trinajstić information content (AvgIpc) is 3.54. The van der Waals surface area contributed by atoms with E-state index < -0.39 is 37.1 Å². The largest absolute Gasteiger partial charge is 0.467 e. The summed E-state index contributed by atoms with van der Waals surface area (Å²) in [7, 11) is -0.514. The molecule has 6 atom stereocenters. The Hall–Kier alpha value is -3.01. The van der Waals surface area contributed by atoms with Crippen molar-refractivity contribution in [3.63, 3.8) is 0 Å². The molecule has 2 bridgehead atoms. The number of amides is 2. The fourth-order valence-electron chi connectivity index (χ4n) is 8.41. The van der Waals surface area contributed by atoms with Crippen LogP contribution in [0.5, 0.6) is 0 Å². The van der Waals surface area contributed by atoms with Crippen molar-refractivity contribution in [3.8, 4) is 6.07 Å². The monoisotopic (exact) mass is 638 g/mol. The highest BCUT2D eigenvalue weighted by Crippen LogP contribution is 2.66. The Morgan fingerprint density at radius 3 is 2.57 bits per heavy atom. The number of ether oxygens (including phenoxy) is 1. The predicted molar refractivity (Wildman–Crippen MR) is 168 cm³/mol. The van der Waals surface area contributed by atoms with Crippen molar-refractivity contribution in [2.45, 2.75) is 95.3 Å². The molecule has 0 spiro atoms. The quantitative estimate of drug-likeness (QED) is 0.232. The third kappa shape index (κ3) is 5.95. The van der Waals surface area contributed by atoms with Crippen LogP contribution in [-0.2, 0) is 18.8 Å². The summed E-state index contributed by atoms with van der Waals surface area (Å²) in [4.78, 5) is 29.2. The molecule has 0 radical (unpaired) electrons. The van der Waals surface area contributed by atoms with E-state index in [9.17, 15) is 23.6 Å². The van der Waals surface area contributed by atoms with Gasteiger partial charge in [-0.25, -0.2) is 13.6 Å². The molecule has 0 aromatic heterocycles. The summed E-state index contributed by atoms with van der Waals surface area (Å²) in [6, 6.07) is 11.5. The van der Waals surface area contributed by atoms with E-state index in [0.29, 0.717) is 24.8 Å². The first-order chi connectivity index (χ1) is 21.6. The molecule has 46 heavy (non-hydrogen) atoms. The van der Waals surface area contributed by atoms with Gasteiger partial charge in [0.2, 0.25) is 0 Å². The molecule has 3 heterocycles. The third-order valence-corrected chi connectivity index (χ3v) is 11.6. The number of nitriles is 1. The normalized spacial score (nSPS) is 32.1. The Morgan fingerprint density at radius 1 is 1.22 bits per heavy atom. The highest BCUT2D eigenvalue weighted by Gasteiger charge is 2.68. The molecule has 0 unspecified atom stereocenters. The molecule has 7 rings (SSSR count). The van der Waals surface area contributed by atoms with Crippen LogP contribution in [-0.4, -0.2) is 90.9 Å².